The molecule has 0 spiro atoms. The maximum atomic E-state index is 12.7. The van der Waals surface area contributed by atoms with Crippen LogP contribution in [0.1, 0.15) is 10.6 Å². The summed E-state index contributed by atoms with van der Waals surface area (Å²) in [7, 11) is 0. The van der Waals surface area contributed by atoms with Gasteiger partial charge >= 0.3 is 0 Å². The van der Waals surface area contributed by atoms with Gasteiger partial charge in [0.05, 0.1) is 28.5 Å². The fourth-order valence-corrected chi connectivity index (χ4v) is 3.44. The van der Waals surface area contributed by atoms with Crippen molar-refractivity contribution in [3.63, 3.8) is 0 Å². The molecule has 1 amide bonds. The van der Waals surface area contributed by atoms with Crippen molar-refractivity contribution in [1.29, 1.82) is 0 Å². The number of amides is 1. The predicted molar refractivity (Wildman–Crippen MR) is 110 cm³/mol. The number of fused-ring (bicyclic) bond motifs is 2. The predicted octanol–water partition coefficient (Wildman–Crippen LogP) is 5.16. The Morgan fingerprint density at radius 2 is 1.89 bits per heavy atom. The van der Waals surface area contributed by atoms with Gasteiger partial charge in [0, 0.05) is 10.0 Å². The standard InChI is InChI=1S/C21H13BrN4O2/c22-14-6-9-18-17(10-14)20(28-25-18)21(27)23-15-7-8-16-11-19(24-26(16)12-15)13-4-2-1-3-5-13/h1-12H,(H,23,27). The van der Waals surface area contributed by atoms with Crippen LogP contribution in [0, 0.1) is 0 Å². The van der Waals surface area contributed by atoms with Gasteiger partial charge in [-0.25, -0.2) is 4.52 Å². The Kier molecular flexibility index (Phi) is 3.95. The summed E-state index contributed by atoms with van der Waals surface area (Å²) >= 11 is 3.40. The molecule has 0 radical (unpaired) electrons. The second-order valence-electron chi connectivity index (χ2n) is 6.31. The molecule has 0 atom stereocenters. The first kappa shape index (κ1) is 16.7. The molecule has 0 aliphatic heterocycles. The first-order chi connectivity index (χ1) is 13.7. The highest BCUT2D eigenvalue weighted by molar-refractivity contribution is 9.10. The molecule has 7 heteroatoms. The Bertz CT molecular complexity index is 1320. The number of carbonyl (C=O) groups excluding carboxylic acids is 1. The summed E-state index contributed by atoms with van der Waals surface area (Å²) in [5.41, 5.74) is 4.08. The van der Waals surface area contributed by atoms with Gasteiger partial charge < -0.3 is 9.84 Å². The molecule has 0 saturated carbocycles. The van der Waals surface area contributed by atoms with Gasteiger partial charge in [0.25, 0.3) is 5.91 Å². The molecule has 0 aliphatic carbocycles. The summed E-state index contributed by atoms with van der Waals surface area (Å²) in [6.07, 6.45) is 1.77. The number of hydrogen-bond donors (Lipinski definition) is 1. The van der Waals surface area contributed by atoms with Crippen molar-refractivity contribution in [2.45, 2.75) is 0 Å². The average Bonchev–Trinajstić information content (AvgIpc) is 3.32. The van der Waals surface area contributed by atoms with Gasteiger partial charge in [-0.05, 0) is 36.4 Å². The van der Waals surface area contributed by atoms with Crippen molar-refractivity contribution in [1.82, 2.24) is 14.8 Å². The summed E-state index contributed by atoms with van der Waals surface area (Å²) < 4.78 is 7.84. The van der Waals surface area contributed by atoms with E-state index in [0.29, 0.717) is 16.6 Å². The van der Waals surface area contributed by atoms with Crippen molar-refractivity contribution in [3.8, 4) is 11.3 Å². The highest BCUT2D eigenvalue weighted by Crippen LogP contribution is 2.24. The Labute approximate surface area is 167 Å². The molecule has 0 fully saturated rings. The number of rotatable bonds is 3. The number of anilines is 1. The van der Waals surface area contributed by atoms with Crippen LogP contribution in [0.5, 0.6) is 0 Å². The summed E-state index contributed by atoms with van der Waals surface area (Å²) in [5, 5.41) is 12.0. The van der Waals surface area contributed by atoms with Crippen molar-refractivity contribution in [2.75, 3.05) is 5.32 Å². The van der Waals surface area contributed by atoms with Crippen molar-refractivity contribution in [3.05, 3.63) is 83.2 Å². The minimum atomic E-state index is -0.365. The van der Waals surface area contributed by atoms with E-state index < -0.39 is 0 Å². The number of carbonyl (C=O) groups is 1. The highest BCUT2D eigenvalue weighted by Gasteiger charge is 2.17. The van der Waals surface area contributed by atoms with Gasteiger partial charge in [-0.15, -0.1) is 0 Å². The van der Waals surface area contributed by atoms with Crippen molar-refractivity contribution < 1.29 is 9.32 Å². The molecular formula is C21H13BrN4O2. The second-order valence-corrected chi connectivity index (χ2v) is 7.23. The van der Waals surface area contributed by atoms with Crippen molar-refractivity contribution >= 4 is 43.9 Å². The molecule has 0 aliphatic rings. The fourth-order valence-electron chi connectivity index (χ4n) is 3.08. The van der Waals surface area contributed by atoms with Crippen LogP contribution in [0.25, 0.3) is 27.7 Å². The van der Waals surface area contributed by atoms with Gasteiger partial charge in [0.15, 0.2) is 0 Å². The topological polar surface area (TPSA) is 72.4 Å². The number of nitrogens with zero attached hydrogens (tertiary/aromatic N) is 3. The number of hydrogen-bond acceptors (Lipinski definition) is 4. The minimum Gasteiger partial charge on any atom is -0.350 e. The third-order valence-electron chi connectivity index (χ3n) is 4.43. The van der Waals surface area contributed by atoms with E-state index in [1.165, 1.54) is 0 Å². The van der Waals surface area contributed by atoms with E-state index in [0.717, 1.165) is 21.2 Å². The summed E-state index contributed by atoms with van der Waals surface area (Å²) in [4.78, 5) is 12.7. The van der Waals surface area contributed by atoms with E-state index >= 15 is 0 Å². The molecule has 28 heavy (non-hydrogen) atoms. The quantitative estimate of drug-likeness (QED) is 0.427. The second kappa shape index (κ2) is 6.61. The largest absolute Gasteiger partial charge is 0.350 e. The molecule has 1 N–H and O–H groups in total. The summed E-state index contributed by atoms with van der Waals surface area (Å²) in [6, 6.07) is 21.1. The molecule has 0 unspecified atom stereocenters. The molecule has 5 rings (SSSR count). The maximum absolute atomic E-state index is 12.7. The monoisotopic (exact) mass is 432 g/mol. The number of aromatic nitrogens is 3. The molecule has 5 aromatic rings. The maximum Gasteiger partial charge on any atom is 0.294 e. The molecule has 3 heterocycles. The average molecular weight is 433 g/mol. The van der Waals surface area contributed by atoms with E-state index in [4.69, 9.17) is 4.52 Å². The van der Waals surface area contributed by atoms with E-state index in [1.54, 1.807) is 16.8 Å². The Hall–Kier alpha value is -3.45. The highest BCUT2D eigenvalue weighted by atomic mass is 79.9. The van der Waals surface area contributed by atoms with Crippen LogP contribution in [0.4, 0.5) is 5.69 Å². The van der Waals surface area contributed by atoms with Crippen LogP contribution >= 0.6 is 15.9 Å². The SMILES string of the molecule is O=C(Nc1ccc2cc(-c3ccccc3)nn2c1)c1onc2ccc(Br)cc12. The Balaban J connectivity index is 1.46. The van der Waals surface area contributed by atoms with Crippen LogP contribution in [0.2, 0.25) is 0 Å². The molecular weight excluding hydrogens is 420 g/mol. The molecule has 0 bridgehead atoms. The van der Waals surface area contributed by atoms with Crippen LogP contribution in [-0.2, 0) is 0 Å². The lowest BCUT2D eigenvalue weighted by molar-refractivity contribution is 0.0990. The van der Waals surface area contributed by atoms with Crippen LogP contribution < -0.4 is 5.32 Å². The van der Waals surface area contributed by atoms with E-state index in [-0.39, 0.29) is 11.7 Å². The fraction of sp³-hybridized carbons (Fsp3) is 0. The zero-order valence-electron chi connectivity index (χ0n) is 14.5. The van der Waals surface area contributed by atoms with Gasteiger partial charge in [-0.3, -0.25) is 4.79 Å². The first-order valence-corrected chi connectivity index (χ1v) is 9.38. The minimum absolute atomic E-state index is 0.168. The van der Waals surface area contributed by atoms with Gasteiger partial charge in [0.1, 0.15) is 5.52 Å². The number of halogens is 1. The van der Waals surface area contributed by atoms with E-state index in [9.17, 15) is 4.79 Å². The van der Waals surface area contributed by atoms with Gasteiger partial charge in [-0.1, -0.05) is 51.4 Å². The third-order valence-corrected chi connectivity index (χ3v) is 4.93. The number of benzene rings is 2. The smallest absolute Gasteiger partial charge is 0.294 e. The van der Waals surface area contributed by atoms with Crippen LogP contribution in [-0.4, -0.2) is 20.7 Å². The molecule has 3 aromatic heterocycles. The van der Waals surface area contributed by atoms with Crippen molar-refractivity contribution in [2.24, 2.45) is 0 Å². The lowest BCUT2D eigenvalue weighted by atomic mass is 10.1. The normalized spacial score (nSPS) is 11.2. The summed E-state index contributed by atoms with van der Waals surface area (Å²) in [5.74, 6) is -0.197. The molecule has 2 aromatic carbocycles. The van der Waals surface area contributed by atoms with Crippen LogP contribution in [0.15, 0.2) is 81.9 Å². The first-order valence-electron chi connectivity index (χ1n) is 8.58. The van der Waals surface area contributed by atoms with E-state index in [1.807, 2.05) is 60.7 Å². The lowest BCUT2D eigenvalue weighted by Gasteiger charge is -2.03. The third kappa shape index (κ3) is 2.95. The van der Waals surface area contributed by atoms with E-state index in [2.05, 4.69) is 31.5 Å². The Morgan fingerprint density at radius 1 is 1.04 bits per heavy atom. The summed E-state index contributed by atoms with van der Waals surface area (Å²) in [6.45, 7) is 0. The lowest BCUT2D eigenvalue weighted by Crippen LogP contribution is -2.11. The zero-order valence-corrected chi connectivity index (χ0v) is 16.1. The molecule has 0 saturated heterocycles. The van der Waals surface area contributed by atoms with Crippen LogP contribution in [0.3, 0.4) is 0 Å². The molecule has 6 nitrogen and oxygen atoms in total. The Morgan fingerprint density at radius 3 is 2.75 bits per heavy atom. The van der Waals surface area contributed by atoms with Gasteiger partial charge in [0.2, 0.25) is 5.76 Å². The molecule has 136 valence electrons. The number of pyridine rings is 1. The zero-order chi connectivity index (χ0) is 19.1. The van der Waals surface area contributed by atoms with Gasteiger partial charge in [-0.2, -0.15) is 5.10 Å². The number of nitrogens with one attached hydrogen (secondary N) is 1.